The lowest BCUT2D eigenvalue weighted by atomic mass is 10.4. The number of hydrogen-bond acceptors (Lipinski definition) is 8. The van der Waals surface area contributed by atoms with Crippen LogP contribution in [0.25, 0.3) is 11.6 Å². The van der Waals surface area contributed by atoms with Crippen molar-refractivity contribution in [2.75, 3.05) is 0 Å². The normalized spacial score (nSPS) is 10.5. The zero-order chi connectivity index (χ0) is 18.0. The van der Waals surface area contributed by atoms with Gasteiger partial charge in [0.1, 0.15) is 0 Å². The fraction of sp³-hybridized carbons (Fsp3) is 0.143. The molecule has 0 saturated heterocycles. The SMILES string of the molecule is Cc1cc(C)n2nc(C=O)nc2n1.O=Cc1nc2ncc(Cl)cn2n1. The van der Waals surface area contributed by atoms with Crippen LogP contribution in [0.2, 0.25) is 5.02 Å². The van der Waals surface area contributed by atoms with Gasteiger partial charge in [-0.05, 0) is 19.9 Å². The van der Waals surface area contributed by atoms with Gasteiger partial charge in [-0.15, -0.1) is 10.2 Å². The van der Waals surface area contributed by atoms with Crippen LogP contribution in [0.5, 0.6) is 0 Å². The Morgan fingerprint density at radius 2 is 1.68 bits per heavy atom. The number of carbonyl (C=O) groups is 2. The molecule has 0 amide bonds. The summed E-state index contributed by atoms with van der Waals surface area (Å²) in [5, 5.41) is 8.18. The first-order valence-corrected chi connectivity index (χ1v) is 7.37. The van der Waals surface area contributed by atoms with Crippen molar-refractivity contribution in [1.29, 1.82) is 0 Å². The summed E-state index contributed by atoms with van der Waals surface area (Å²) in [4.78, 5) is 36.4. The third-order valence-electron chi connectivity index (χ3n) is 3.02. The van der Waals surface area contributed by atoms with E-state index in [1.165, 1.54) is 16.9 Å². The van der Waals surface area contributed by atoms with Gasteiger partial charge in [-0.1, -0.05) is 11.6 Å². The second kappa shape index (κ2) is 6.69. The van der Waals surface area contributed by atoms with Gasteiger partial charge in [-0.3, -0.25) is 9.59 Å². The van der Waals surface area contributed by atoms with Crippen molar-refractivity contribution in [3.63, 3.8) is 0 Å². The van der Waals surface area contributed by atoms with Gasteiger partial charge in [0.15, 0.2) is 12.6 Å². The molecule has 0 unspecified atom stereocenters. The predicted octanol–water partition coefficient (Wildman–Crippen LogP) is 1.14. The highest BCUT2D eigenvalue weighted by atomic mass is 35.5. The van der Waals surface area contributed by atoms with Crippen LogP contribution in [0.15, 0.2) is 18.5 Å². The first-order valence-electron chi connectivity index (χ1n) is 6.99. The minimum atomic E-state index is 0.102. The largest absolute Gasteiger partial charge is 0.294 e. The molecule has 25 heavy (non-hydrogen) atoms. The van der Waals surface area contributed by atoms with E-state index in [1.54, 1.807) is 4.52 Å². The Morgan fingerprint density at radius 1 is 1.00 bits per heavy atom. The Balaban J connectivity index is 0.000000146. The summed E-state index contributed by atoms with van der Waals surface area (Å²) < 4.78 is 2.91. The summed E-state index contributed by atoms with van der Waals surface area (Å²) in [6.07, 6.45) is 4.15. The van der Waals surface area contributed by atoms with E-state index in [0.717, 1.165) is 11.4 Å². The van der Waals surface area contributed by atoms with Crippen molar-refractivity contribution in [3.8, 4) is 0 Å². The second-order valence-electron chi connectivity index (χ2n) is 4.94. The van der Waals surface area contributed by atoms with E-state index in [0.29, 0.717) is 29.2 Å². The lowest BCUT2D eigenvalue weighted by molar-refractivity contribution is 0.110. The number of rotatable bonds is 2. The molecule has 0 aromatic carbocycles. The fourth-order valence-electron chi connectivity index (χ4n) is 2.06. The lowest BCUT2D eigenvalue weighted by Gasteiger charge is -1.97. The highest BCUT2D eigenvalue weighted by Gasteiger charge is 2.05. The first-order chi connectivity index (χ1) is 12.0. The number of nitrogens with zero attached hydrogens (tertiary/aromatic N) is 8. The first kappa shape index (κ1) is 16.6. The van der Waals surface area contributed by atoms with Gasteiger partial charge in [0.05, 0.1) is 17.4 Å². The van der Waals surface area contributed by atoms with Crippen molar-refractivity contribution in [2.24, 2.45) is 0 Å². The average Bonchev–Trinajstić information content (AvgIpc) is 3.18. The highest BCUT2D eigenvalue weighted by molar-refractivity contribution is 6.30. The maximum atomic E-state index is 10.4. The fourth-order valence-corrected chi connectivity index (χ4v) is 2.20. The average molecular weight is 359 g/mol. The summed E-state index contributed by atoms with van der Waals surface area (Å²) in [7, 11) is 0. The van der Waals surface area contributed by atoms with Crippen LogP contribution in [0.3, 0.4) is 0 Å². The summed E-state index contributed by atoms with van der Waals surface area (Å²) in [5.74, 6) is 1.10. The molecule has 0 atom stereocenters. The molecule has 11 heteroatoms. The zero-order valence-electron chi connectivity index (χ0n) is 13.2. The monoisotopic (exact) mass is 358 g/mol. The summed E-state index contributed by atoms with van der Waals surface area (Å²) >= 11 is 5.63. The van der Waals surface area contributed by atoms with Crippen molar-refractivity contribution < 1.29 is 9.59 Å². The van der Waals surface area contributed by atoms with Crippen molar-refractivity contribution >= 4 is 35.7 Å². The topological polar surface area (TPSA) is 120 Å². The molecule has 0 spiro atoms. The number of aromatic nitrogens is 8. The van der Waals surface area contributed by atoms with Gasteiger partial charge in [-0.25, -0.2) is 19.0 Å². The number of fused-ring (bicyclic) bond motifs is 2. The Hall–Kier alpha value is -3.27. The van der Waals surface area contributed by atoms with Crippen LogP contribution < -0.4 is 0 Å². The number of aldehydes is 2. The van der Waals surface area contributed by atoms with Gasteiger partial charge < -0.3 is 0 Å². The molecule has 4 aromatic heterocycles. The van der Waals surface area contributed by atoms with Crippen LogP contribution in [0.4, 0.5) is 0 Å². The molecular weight excluding hydrogens is 348 g/mol. The van der Waals surface area contributed by atoms with E-state index < -0.39 is 0 Å². The molecule has 0 saturated carbocycles. The smallest absolute Gasteiger partial charge is 0.253 e. The van der Waals surface area contributed by atoms with Gasteiger partial charge in [0.25, 0.3) is 11.6 Å². The van der Waals surface area contributed by atoms with Crippen LogP contribution in [-0.4, -0.2) is 51.7 Å². The van der Waals surface area contributed by atoms with Gasteiger partial charge in [-0.2, -0.15) is 9.97 Å². The van der Waals surface area contributed by atoms with Gasteiger partial charge in [0.2, 0.25) is 11.6 Å². The number of aryl methyl sites for hydroxylation is 2. The van der Waals surface area contributed by atoms with E-state index in [1.807, 2.05) is 19.9 Å². The quantitative estimate of drug-likeness (QED) is 0.489. The molecule has 126 valence electrons. The third kappa shape index (κ3) is 3.48. The van der Waals surface area contributed by atoms with Crippen molar-refractivity contribution in [2.45, 2.75) is 13.8 Å². The second-order valence-corrected chi connectivity index (χ2v) is 5.38. The van der Waals surface area contributed by atoms with E-state index >= 15 is 0 Å². The number of halogens is 1. The van der Waals surface area contributed by atoms with E-state index in [2.05, 4.69) is 30.1 Å². The van der Waals surface area contributed by atoms with E-state index in [-0.39, 0.29) is 11.6 Å². The van der Waals surface area contributed by atoms with Crippen LogP contribution in [-0.2, 0) is 0 Å². The molecule has 4 aromatic rings. The standard InChI is InChI=1S/C8H8N4O.C6H3ClN4O/c1-5-3-6(2)12-8(9-5)10-7(4-13)11-12;7-4-1-8-6-9-5(3-12)10-11(6)2-4/h3-4H,1-2H3;1-3H. The Morgan fingerprint density at radius 3 is 2.40 bits per heavy atom. The molecule has 0 aliphatic carbocycles. The minimum absolute atomic E-state index is 0.102. The molecular formula is C14H11ClN8O2. The maximum absolute atomic E-state index is 10.4. The van der Waals surface area contributed by atoms with Gasteiger partial charge in [0, 0.05) is 11.4 Å². The maximum Gasteiger partial charge on any atom is 0.253 e. The summed E-state index contributed by atoms with van der Waals surface area (Å²) in [5.41, 5.74) is 1.79. The van der Waals surface area contributed by atoms with Crippen LogP contribution in [0, 0.1) is 13.8 Å². The van der Waals surface area contributed by atoms with Crippen molar-refractivity contribution in [1.82, 2.24) is 39.2 Å². The predicted molar refractivity (Wildman–Crippen MR) is 86.8 cm³/mol. The van der Waals surface area contributed by atoms with Gasteiger partial charge >= 0.3 is 0 Å². The summed E-state index contributed by atoms with van der Waals surface area (Å²) in [6.45, 7) is 3.77. The minimum Gasteiger partial charge on any atom is -0.294 e. The number of carbonyl (C=O) groups excluding carboxylic acids is 2. The molecule has 0 N–H and O–H groups in total. The van der Waals surface area contributed by atoms with Crippen LogP contribution >= 0.6 is 11.6 Å². The Bertz CT molecular complexity index is 1090. The Kier molecular flexibility index (Phi) is 4.44. The molecule has 4 rings (SSSR count). The van der Waals surface area contributed by atoms with E-state index in [4.69, 9.17) is 11.6 Å². The molecule has 0 fully saturated rings. The molecule has 0 radical (unpaired) electrons. The molecule has 0 aliphatic heterocycles. The summed E-state index contributed by atoms with van der Waals surface area (Å²) in [6, 6.07) is 1.89. The van der Waals surface area contributed by atoms with Crippen molar-refractivity contribution in [3.05, 3.63) is 46.5 Å². The number of hydrogen-bond donors (Lipinski definition) is 0. The molecule has 0 bridgehead atoms. The molecule has 10 nitrogen and oxygen atoms in total. The Labute approximate surface area is 145 Å². The molecule has 4 heterocycles. The highest BCUT2D eigenvalue weighted by Crippen LogP contribution is 2.05. The van der Waals surface area contributed by atoms with E-state index in [9.17, 15) is 9.59 Å². The molecule has 0 aliphatic rings. The van der Waals surface area contributed by atoms with Crippen LogP contribution in [0.1, 0.15) is 32.6 Å². The zero-order valence-corrected chi connectivity index (χ0v) is 13.9. The third-order valence-corrected chi connectivity index (χ3v) is 3.22. The lowest BCUT2D eigenvalue weighted by Crippen LogP contribution is -1.97.